The predicted octanol–water partition coefficient (Wildman–Crippen LogP) is 1.21. The van der Waals surface area contributed by atoms with E-state index in [1.165, 1.54) is 13.2 Å². The predicted molar refractivity (Wildman–Crippen MR) is 59.6 cm³/mol. The van der Waals surface area contributed by atoms with Crippen molar-refractivity contribution in [3.8, 4) is 5.75 Å². The number of amides is 1. The van der Waals surface area contributed by atoms with Gasteiger partial charge < -0.3 is 10.5 Å². The Morgan fingerprint density at radius 2 is 2.21 bits per heavy atom. The van der Waals surface area contributed by atoms with E-state index >= 15 is 0 Å². The van der Waals surface area contributed by atoms with Gasteiger partial charge in [-0.15, -0.1) is 0 Å². The summed E-state index contributed by atoms with van der Waals surface area (Å²) >= 11 is 2.01. The van der Waals surface area contributed by atoms with E-state index in [1.54, 1.807) is 6.07 Å². The van der Waals surface area contributed by atoms with E-state index in [4.69, 9.17) is 10.5 Å². The van der Waals surface area contributed by atoms with Crippen molar-refractivity contribution >= 4 is 34.8 Å². The van der Waals surface area contributed by atoms with Crippen LogP contribution in [0.5, 0.6) is 5.75 Å². The molecule has 0 radical (unpaired) electrons. The van der Waals surface area contributed by atoms with Crippen molar-refractivity contribution in [3.05, 3.63) is 26.8 Å². The molecule has 0 saturated heterocycles. The highest BCUT2D eigenvalue weighted by Gasteiger charge is 2.12. The first-order valence-electron chi connectivity index (χ1n) is 3.72. The number of nitrogens with two attached hydrogens (primary N) is 1. The topological polar surface area (TPSA) is 69.4 Å². The second-order valence-corrected chi connectivity index (χ2v) is 3.72. The Kier molecular flexibility index (Phi) is 3.45. The number of ether oxygens (including phenoxy) is 1. The summed E-state index contributed by atoms with van der Waals surface area (Å²) < 4.78 is 5.77. The zero-order chi connectivity index (χ0) is 10.7. The van der Waals surface area contributed by atoms with Crippen LogP contribution in [0.3, 0.4) is 0 Å². The summed E-state index contributed by atoms with van der Waals surface area (Å²) in [5, 5.41) is 0. The highest BCUT2D eigenvalue weighted by atomic mass is 127. The molecule has 14 heavy (non-hydrogen) atoms. The minimum Gasteiger partial charge on any atom is -0.496 e. The van der Waals surface area contributed by atoms with Gasteiger partial charge in [-0.05, 0) is 34.7 Å². The van der Waals surface area contributed by atoms with Crippen LogP contribution in [0.4, 0.5) is 0 Å². The molecule has 74 valence electrons. The lowest BCUT2D eigenvalue weighted by Crippen LogP contribution is -2.14. The van der Waals surface area contributed by atoms with Gasteiger partial charge in [0.15, 0.2) is 6.29 Å². The van der Waals surface area contributed by atoms with Gasteiger partial charge >= 0.3 is 0 Å². The van der Waals surface area contributed by atoms with Crippen LogP contribution < -0.4 is 10.5 Å². The van der Waals surface area contributed by atoms with Crippen molar-refractivity contribution in [2.24, 2.45) is 5.73 Å². The highest BCUT2D eigenvalue weighted by Crippen LogP contribution is 2.24. The second kappa shape index (κ2) is 4.41. The van der Waals surface area contributed by atoms with Gasteiger partial charge in [0.05, 0.1) is 16.2 Å². The summed E-state index contributed by atoms with van der Waals surface area (Å²) in [6, 6.07) is 3.03. The molecule has 1 amide bonds. The monoisotopic (exact) mass is 305 g/mol. The zero-order valence-electron chi connectivity index (χ0n) is 7.41. The van der Waals surface area contributed by atoms with Crippen molar-refractivity contribution in [2.45, 2.75) is 0 Å². The zero-order valence-corrected chi connectivity index (χ0v) is 9.57. The quantitative estimate of drug-likeness (QED) is 0.674. The van der Waals surface area contributed by atoms with Crippen LogP contribution in [0, 0.1) is 3.57 Å². The first-order valence-corrected chi connectivity index (χ1v) is 4.80. The molecule has 0 fully saturated rings. The molecule has 0 unspecified atom stereocenters. The average molecular weight is 305 g/mol. The molecular formula is C9H8INO3. The molecule has 0 aliphatic rings. The molecule has 0 bridgehead atoms. The molecule has 0 aliphatic heterocycles. The lowest BCUT2D eigenvalue weighted by atomic mass is 10.1. The first-order chi connectivity index (χ1) is 6.60. The van der Waals surface area contributed by atoms with Gasteiger partial charge in [-0.25, -0.2) is 0 Å². The Morgan fingerprint density at radius 1 is 1.57 bits per heavy atom. The maximum atomic E-state index is 11.0. The Bertz CT molecular complexity index is 390. The van der Waals surface area contributed by atoms with Crippen LogP contribution in [0.25, 0.3) is 0 Å². The fourth-order valence-electron chi connectivity index (χ4n) is 1.04. The Morgan fingerprint density at radius 3 is 2.64 bits per heavy atom. The maximum Gasteiger partial charge on any atom is 0.249 e. The summed E-state index contributed by atoms with van der Waals surface area (Å²) in [6.07, 6.45) is 0.599. The number of halogens is 1. The van der Waals surface area contributed by atoms with E-state index in [-0.39, 0.29) is 11.1 Å². The van der Waals surface area contributed by atoms with E-state index in [9.17, 15) is 9.59 Å². The molecule has 0 aliphatic carbocycles. The van der Waals surface area contributed by atoms with E-state index in [0.29, 0.717) is 12.0 Å². The van der Waals surface area contributed by atoms with Crippen LogP contribution in [0.15, 0.2) is 12.1 Å². The summed E-state index contributed by atoms with van der Waals surface area (Å²) in [5.41, 5.74) is 5.57. The molecule has 5 heteroatoms. The minimum atomic E-state index is -0.637. The smallest absolute Gasteiger partial charge is 0.249 e. The number of carbonyl (C=O) groups excluding carboxylic acids is 2. The van der Waals surface area contributed by atoms with Crippen molar-refractivity contribution in [1.29, 1.82) is 0 Å². The molecule has 0 spiro atoms. The minimum absolute atomic E-state index is 0.178. The van der Waals surface area contributed by atoms with Crippen LogP contribution in [0.2, 0.25) is 0 Å². The molecule has 2 N–H and O–H groups in total. The largest absolute Gasteiger partial charge is 0.496 e. The average Bonchev–Trinajstić information content (AvgIpc) is 2.16. The molecule has 0 atom stereocenters. The van der Waals surface area contributed by atoms with Gasteiger partial charge in [-0.2, -0.15) is 0 Å². The van der Waals surface area contributed by atoms with Gasteiger partial charge in [0.25, 0.3) is 0 Å². The van der Waals surface area contributed by atoms with Crippen molar-refractivity contribution < 1.29 is 14.3 Å². The van der Waals surface area contributed by atoms with E-state index in [0.717, 1.165) is 3.57 Å². The second-order valence-electron chi connectivity index (χ2n) is 2.56. The van der Waals surface area contributed by atoms with Crippen LogP contribution in [-0.2, 0) is 0 Å². The lowest BCUT2D eigenvalue weighted by molar-refractivity contribution is 0.0992. The van der Waals surface area contributed by atoms with Crippen LogP contribution in [0.1, 0.15) is 20.7 Å². The Hall–Kier alpha value is -1.11. The number of methoxy groups -OCH3 is 1. The third-order valence-corrected chi connectivity index (χ3v) is 2.56. The third kappa shape index (κ3) is 2.03. The molecule has 0 heterocycles. The number of aldehydes is 1. The number of hydrogen-bond donors (Lipinski definition) is 1. The van der Waals surface area contributed by atoms with Crippen LogP contribution >= 0.6 is 22.6 Å². The van der Waals surface area contributed by atoms with E-state index in [1.807, 2.05) is 22.6 Å². The van der Waals surface area contributed by atoms with E-state index in [2.05, 4.69) is 0 Å². The van der Waals surface area contributed by atoms with Gasteiger partial charge in [0.2, 0.25) is 5.91 Å². The number of rotatable bonds is 3. The summed E-state index contributed by atoms with van der Waals surface area (Å²) in [7, 11) is 1.49. The highest BCUT2D eigenvalue weighted by molar-refractivity contribution is 14.1. The molecule has 0 aromatic heterocycles. The summed E-state index contributed by atoms with van der Waals surface area (Å²) in [4.78, 5) is 21.6. The fourth-order valence-corrected chi connectivity index (χ4v) is 1.75. The van der Waals surface area contributed by atoms with Gasteiger partial charge in [0.1, 0.15) is 5.75 Å². The molecule has 4 nitrogen and oxygen atoms in total. The molecule has 1 aromatic rings. The van der Waals surface area contributed by atoms with Crippen molar-refractivity contribution in [3.63, 3.8) is 0 Å². The maximum absolute atomic E-state index is 11.0. The standard InChI is InChI=1S/C9H8INO3/c1-14-8-3-6(9(11)13)5(4-12)2-7(8)10/h2-4H,1H3,(H2,11,13). The number of hydrogen-bond acceptors (Lipinski definition) is 3. The fraction of sp³-hybridized carbons (Fsp3) is 0.111. The number of benzene rings is 1. The van der Waals surface area contributed by atoms with Crippen molar-refractivity contribution in [2.75, 3.05) is 7.11 Å². The number of carbonyl (C=O) groups is 2. The first kappa shape index (κ1) is 11.0. The van der Waals surface area contributed by atoms with Crippen LogP contribution in [-0.4, -0.2) is 19.3 Å². The summed E-state index contributed by atoms with van der Waals surface area (Å²) in [5.74, 6) is -0.105. The molecular weight excluding hydrogens is 297 g/mol. The Balaban J connectivity index is 3.39. The Labute approximate surface area is 94.6 Å². The normalized spacial score (nSPS) is 9.57. The van der Waals surface area contributed by atoms with Gasteiger partial charge in [0, 0.05) is 5.56 Å². The lowest BCUT2D eigenvalue weighted by Gasteiger charge is -2.06. The molecule has 0 saturated carbocycles. The molecule has 1 rings (SSSR count). The van der Waals surface area contributed by atoms with Crippen molar-refractivity contribution in [1.82, 2.24) is 0 Å². The van der Waals surface area contributed by atoms with E-state index < -0.39 is 5.91 Å². The summed E-state index contributed by atoms with van der Waals surface area (Å²) in [6.45, 7) is 0. The third-order valence-electron chi connectivity index (χ3n) is 1.72. The van der Waals surface area contributed by atoms with Gasteiger partial charge in [-0.3, -0.25) is 9.59 Å². The molecule has 1 aromatic carbocycles. The number of primary amides is 1. The SMILES string of the molecule is COc1cc(C(N)=O)c(C=O)cc1I. The van der Waals surface area contributed by atoms with Gasteiger partial charge in [-0.1, -0.05) is 0 Å².